The van der Waals surface area contributed by atoms with E-state index in [1.54, 1.807) is 33.8 Å². The molecule has 2 atom stereocenters. The minimum Gasteiger partial charge on any atom is -0.451 e. The fourth-order valence-corrected chi connectivity index (χ4v) is 2.41. The van der Waals surface area contributed by atoms with Crippen molar-refractivity contribution in [2.75, 3.05) is 0 Å². The van der Waals surface area contributed by atoms with Gasteiger partial charge in [0.05, 0.1) is 0 Å². The Labute approximate surface area is 159 Å². The number of nitrogens with zero attached hydrogens (tertiary/aromatic N) is 1. The SMILES string of the molecule is C[C@@H](OC(=O)[C@@H](NC(=O)OC(C)(C)C)C(C)(C)C)c1nc2ccccc2o1. The van der Waals surface area contributed by atoms with Crippen LogP contribution in [-0.4, -0.2) is 28.7 Å². The number of fused-ring (bicyclic) bond motifs is 1. The summed E-state index contributed by atoms with van der Waals surface area (Å²) in [5.41, 5.74) is 0.0704. The van der Waals surface area contributed by atoms with E-state index in [-0.39, 0.29) is 0 Å². The van der Waals surface area contributed by atoms with E-state index >= 15 is 0 Å². The number of oxazole rings is 1. The van der Waals surface area contributed by atoms with Crippen molar-refractivity contribution in [1.82, 2.24) is 10.3 Å². The lowest BCUT2D eigenvalue weighted by atomic mass is 9.87. The predicted molar refractivity (Wildman–Crippen MR) is 101 cm³/mol. The molecule has 1 heterocycles. The molecule has 0 saturated carbocycles. The van der Waals surface area contributed by atoms with Gasteiger partial charge < -0.3 is 19.2 Å². The lowest BCUT2D eigenvalue weighted by Crippen LogP contribution is -2.51. The molecule has 2 aromatic rings. The Balaban J connectivity index is 2.11. The van der Waals surface area contributed by atoms with Gasteiger partial charge in [-0.1, -0.05) is 32.9 Å². The zero-order valence-corrected chi connectivity index (χ0v) is 17.0. The molecular formula is C20H28N2O5. The lowest BCUT2D eigenvalue weighted by molar-refractivity contribution is -0.155. The predicted octanol–water partition coefficient (Wildman–Crippen LogP) is 4.37. The van der Waals surface area contributed by atoms with Crippen molar-refractivity contribution in [3.63, 3.8) is 0 Å². The highest BCUT2D eigenvalue weighted by Crippen LogP contribution is 2.26. The van der Waals surface area contributed by atoms with Gasteiger partial charge in [-0.25, -0.2) is 14.6 Å². The summed E-state index contributed by atoms with van der Waals surface area (Å²) in [6, 6.07) is 6.42. The Morgan fingerprint density at radius 3 is 2.30 bits per heavy atom. The van der Waals surface area contributed by atoms with Crippen LogP contribution in [-0.2, 0) is 14.3 Å². The number of ether oxygens (including phenoxy) is 2. The molecule has 0 bridgehead atoms. The van der Waals surface area contributed by atoms with Gasteiger partial charge in [0.1, 0.15) is 17.2 Å². The number of nitrogens with one attached hydrogen (secondary N) is 1. The summed E-state index contributed by atoms with van der Waals surface area (Å²) in [7, 11) is 0. The topological polar surface area (TPSA) is 90.7 Å². The van der Waals surface area contributed by atoms with Gasteiger partial charge in [0.2, 0.25) is 5.89 Å². The second-order valence-corrected chi connectivity index (χ2v) is 8.54. The first-order chi connectivity index (χ1) is 12.4. The summed E-state index contributed by atoms with van der Waals surface area (Å²) in [6.07, 6.45) is -1.37. The van der Waals surface area contributed by atoms with Crippen LogP contribution in [0.4, 0.5) is 4.79 Å². The molecule has 1 aromatic carbocycles. The summed E-state index contributed by atoms with van der Waals surface area (Å²) in [5, 5.41) is 2.61. The van der Waals surface area contributed by atoms with E-state index in [0.717, 1.165) is 0 Å². The number of carbonyl (C=O) groups is 2. The molecule has 0 radical (unpaired) electrons. The number of hydrogen-bond acceptors (Lipinski definition) is 6. The Kier molecular flexibility index (Phi) is 5.82. The van der Waals surface area contributed by atoms with E-state index in [1.807, 2.05) is 39.0 Å². The zero-order valence-electron chi connectivity index (χ0n) is 17.0. The first-order valence-electron chi connectivity index (χ1n) is 8.92. The molecule has 7 heteroatoms. The molecule has 1 N–H and O–H groups in total. The van der Waals surface area contributed by atoms with Gasteiger partial charge in [-0.2, -0.15) is 0 Å². The molecule has 1 aromatic heterocycles. The molecule has 0 spiro atoms. The fourth-order valence-electron chi connectivity index (χ4n) is 2.41. The van der Waals surface area contributed by atoms with E-state index in [1.165, 1.54) is 0 Å². The molecule has 0 saturated heterocycles. The van der Waals surface area contributed by atoms with Gasteiger partial charge in [0.25, 0.3) is 0 Å². The van der Waals surface area contributed by atoms with E-state index in [0.29, 0.717) is 17.0 Å². The van der Waals surface area contributed by atoms with Gasteiger partial charge in [-0.3, -0.25) is 0 Å². The van der Waals surface area contributed by atoms with Crippen molar-refractivity contribution >= 4 is 23.2 Å². The van der Waals surface area contributed by atoms with E-state index in [4.69, 9.17) is 13.9 Å². The molecule has 148 valence electrons. The largest absolute Gasteiger partial charge is 0.451 e. The molecule has 27 heavy (non-hydrogen) atoms. The first kappa shape index (κ1) is 20.7. The number of aromatic nitrogens is 1. The normalized spacial score (nSPS) is 14.5. The molecule has 0 fully saturated rings. The van der Waals surface area contributed by atoms with Gasteiger partial charge in [0, 0.05) is 0 Å². The molecule has 0 aliphatic heterocycles. The van der Waals surface area contributed by atoms with Crippen LogP contribution < -0.4 is 5.32 Å². The summed E-state index contributed by atoms with van der Waals surface area (Å²) < 4.78 is 16.4. The Morgan fingerprint density at radius 1 is 1.11 bits per heavy atom. The quantitative estimate of drug-likeness (QED) is 0.797. The highest BCUT2D eigenvalue weighted by atomic mass is 16.6. The third-order valence-corrected chi connectivity index (χ3v) is 3.71. The van der Waals surface area contributed by atoms with Gasteiger partial charge >= 0.3 is 12.1 Å². The maximum Gasteiger partial charge on any atom is 0.408 e. The van der Waals surface area contributed by atoms with Gasteiger partial charge in [-0.05, 0) is 45.2 Å². The third kappa shape index (κ3) is 5.70. The first-order valence-corrected chi connectivity index (χ1v) is 8.92. The van der Waals surface area contributed by atoms with E-state index < -0.39 is 35.2 Å². The van der Waals surface area contributed by atoms with Gasteiger partial charge in [-0.15, -0.1) is 0 Å². The average molecular weight is 376 g/mol. The van der Waals surface area contributed by atoms with E-state index in [9.17, 15) is 9.59 Å². The van der Waals surface area contributed by atoms with Crippen LogP contribution in [0.2, 0.25) is 0 Å². The molecule has 0 aliphatic rings. The molecule has 0 aliphatic carbocycles. The maximum atomic E-state index is 12.7. The number of rotatable bonds is 4. The summed E-state index contributed by atoms with van der Waals surface area (Å²) in [4.78, 5) is 29.2. The number of para-hydroxylation sites is 2. The third-order valence-electron chi connectivity index (χ3n) is 3.71. The number of esters is 1. The van der Waals surface area contributed by atoms with Crippen LogP contribution in [0.5, 0.6) is 0 Å². The van der Waals surface area contributed by atoms with Crippen LogP contribution in [0.15, 0.2) is 28.7 Å². The van der Waals surface area contributed by atoms with Gasteiger partial charge in [0.15, 0.2) is 11.7 Å². The average Bonchev–Trinajstić information content (AvgIpc) is 2.93. The zero-order chi connectivity index (χ0) is 20.4. The van der Waals surface area contributed by atoms with Crippen molar-refractivity contribution in [2.24, 2.45) is 5.41 Å². The van der Waals surface area contributed by atoms with Crippen LogP contribution in [0.25, 0.3) is 11.1 Å². The molecule has 2 rings (SSSR count). The van der Waals surface area contributed by atoms with Crippen molar-refractivity contribution in [3.05, 3.63) is 30.2 Å². The van der Waals surface area contributed by atoms with Crippen LogP contribution in [0.3, 0.4) is 0 Å². The van der Waals surface area contributed by atoms with E-state index in [2.05, 4.69) is 10.3 Å². The highest BCUT2D eigenvalue weighted by Gasteiger charge is 2.36. The standard InChI is InChI=1S/C20H28N2O5/c1-12(16-21-13-10-8-9-11-14(13)26-16)25-17(23)15(19(2,3)4)22-18(24)27-20(5,6)7/h8-12,15H,1-7H3,(H,22,24)/t12-,15-/m1/s1. The number of alkyl carbamates (subject to hydrolysis) is 1. The second kappa shape index (κ2) is 7.58. The smallest absolute Gasteiger partial charge is 0.408 e. The Morgan fingerprint density at radius 2 is 1.74 bits per heavy atom. The monoisotopic (exact) mass is 376 g/mol. The summed E-state index contributed by atoms with van der Waals surface area (Å²) in [5.74, 6) is -0.280. The fraction of sp³-hybridized carbons (Fsp3) is 0.550. The molecule has 1 amide bonds. The Bertz CT molecular complexity index is 781. The molecular weight excluding hydrogens is 348 g/mol. The van der Waals surface area contributed by atoms with Crippen molar-refractivity contribution in [2.45, 2.75) is 66.2 Å². The van der Waals surface area contributed by atoms with Crippen molar-refractivity contribution in [1.29, 1.82) is 0 Å². The summed E-state index contributed by atoms with van der Waals surface area (Å²) in [6.45, 7) is 12.4. The number of benzene rings is 1. The van der Waals surface area contributed by atoms with Crippen molar-refractivity contribution in [3.8, 4) is 0 Å². The minimum absolute atomic E-state index is 0.300. The molecule has 7 nitrogen and oxygen atoms in total. The maximum absolute atomic E-state index is 12.7. The highest BCUT2D eigenvalue weighted by molar-refractivity contribution is 5.82. The van der Waals surface area contributed by atoms with Crippen molar-refractivity contribution < 1.29 is 23.5 Å². The number of hydrogen-bond donors (Lipinski definition) is 1. The van der Waals surface area contributed by atoms with Crippen LogP contribution >= 0.6 is 0 Å². The molecule has 0 unspecified atom stereocenters. The minimum atomic E-state index is -0.890. The number of amides is 1. The lowest BCUT2D eigenvalue weighted by Gasteiger charge is -2.31. The Hall–Kier alpha value is -2.57. The number of carbonyl (C=O) groups excluding carboxylic acids is 2. The van der Waals surface area contributed by atoms with Crippen LogP contribution in [0.1, 0.15) is 60.5 Å². The van der Waals surface area contributed by atoms with Crippen LogP contribution in [0, 0.1) is 5.41 Å². The second-order valence-electron chi connectivity index (χ2n) is 8.54. The summed E-state index contributed by atoms with van der Waals surface area (Å²) >= 11 is 0.